The van der Waals surface area contributed by atoms with Crippen LogP contribution in [0, 0.1) is 0 Å². The number of pyridine rings is 1. The maximum absolute atomic E-state index is 12.1. The van der Waals surface area contributed by atoms with Crippen molar-refractivity contribution >= 4 is 5.91 Å². The van der Waals surface area contributed by atoms with Crippen molar-refractivity contribution < 1.29 is 9.32 Å². The van der Waals surface area contributed by atoms with Crippen LogP contribution in [0.1, 0.15) is 38.5 Å². The molecule has 7 heteroatoms. The highest BCUT2D eigenvalue weighted by molar-refractivity contribution is 5.76. The topological polar surface area (TPSA) is 84.2 Å². The van der Waals surface area contributed by atoms with E-state index in [1.54, 1.807) is 6.20 Å². The van der Waals surface area contributed by atoms with Crippen molar-refractivity contribution in [3.63, 3.8) is 0 Å². The van der Waals surface area contributed by atoms with Crippen LogP contribution in [0.15, 0.2) is 28.9 Å². The molecule has 3 heterocycles. The molecule has 1 amide bonds. The molecule has 1 N–H and O–H groups in total. The highest BCUT2D eigenvalue weighted by Crippen LogP contribution is 2.13. The highest BCUT2D eigenvalue weighted by atomic mass is 16.5. The number of aromatic nitrogens is 3. The molecule has 2 aromatic heterocycles. The van der Waals surface area contributed by atoms with E-state index >= 15 is 0 Å². The number of carbonyl (C=O) groups excluding carboxylic acids is 1. The van der Waals surface area contributed by atoms with Gasteiger partial charge in [0, 0.05) is 38.2 Å². The van der Waals surface area contributed by atoms with Gasteiger partial charge in [-0.05, 0) is 37.9 Å². The second kappa shape index (κ2) is 8.71. The van der Waals surface area contributed by atoms with Gasteiger partial charge in [-0.15, -0.1) is 0 Å². The molecule has 0 aromatic carbocycles. The van der Waals surface area contributed by atoms with E-state index in [1.165, 1.54) is 6.42 Å². The molecule has 0 aliphatic carbocycles. The zero-order valence-corrected chi connectivity index (χ0v) is 14.6. The van der Waals surface area contributed by atoms with Crippen molar-refractivity contribution in [2.75, 3.05) is 19.6 Å². The summed E-state index contributed by atoms with van der Waals surface area (Å²) in [6.45, 7) is 5.48. The third kappa shape index (κ3) is 5.09. The van der Waals surface area contributed by atoms with Gasteiger partial charge in [-0.1, -0.05) is 18.1 Å². The number of aryl methyl sites for hydroxylation is 1. The first-order valence-corrected chi connectivity index (χ1v) is 9.00. The average Bonchev–Trinajstić information content (AvgIpc) is 3.12. The van der Waals surface area contributed by atoms with Crippen molar-refractivity contribution in [1.82, 2.24) is 25.3 Å². The lowest BCUT2D eigenvalue weighted by Crippen LogP contribution is -2.44. The number of hydrogen-bond acceptors (Lipinski definition) is 6. The quantitative estimate of drug-likeness (QED) is 0.828. The Morgan fingerprint density at radius 2 is 2.20 bits per heavy atom. The molecular formula is C18H25N5O2. The lowest BCUT2D eigenvalue weighted by atomic mass is 10.0. The predicted molar refractivity (Wildman–Crippen MR) is 93.7 cm³/mol. The SMILES string of the molecule is CCCN1CCC(NC(=O)CCc2nc(-c3ccccn3)no2)CC1. The third-order valence-electron chi connectivity index (χ3n) is 4.42. The largest absolute Gasteiger partial charge is 0.353 e. The van der Waals surface area contributed by atoms with Crippen LogP contribution in [-0.2, 0) is 11.2 Å². The molecule has 0 unspecified atom stereocenters. The Hall–Kier alpha value is -2.28. The van der Waals surface area contributed by atoms with Crippen LogP contribution in [0.25, 0.3) is 11.5 Å². The summed E-state index contributed by atoms with van der Waals surface area (Å²) in [7, 11) is 0. The Labute approximate surface area is 147 Å². The molecule has 7 nitrogen and oxygen atoms in total. The maximum Gasteiger partial charge on any atom is 0.227 e. The van der Waals surface area contributed by atoms with E-state index in [9.17, 15) is 4.79 Å². The summed E-state index contributed by atoms with van der Waals surface area (Å²) in [5, 5.41) is 7.04. The van der Waals surface area contributed by atoms with Crippen LogP contribution in [0.3, 0.4) is 0 Å². The molecule has 1 saturated heterocycles. The van der Waals surface area contributed by atoms with E-state index in [0.29, 0.717) is 30.3 Å². The standard InChI is InChI=1S/C18H25N5O2/c1-2-11-23-12-8-14(9-13-23)20-16(24)6-7-17-21-18(22-25-17)15-5-3-4-10-19-15/h3-5,10,14H,2,6-9,11-13H2,1H3,(H,20,24). The normalized spacial score (nSPS) is 16.0. The van der Waals surface area contributed by atoms with E-state index in [2.05, 4.69) is 32.3 Å². The van der Waals surface area contributed by atoms with Crippen LogP contribution in [-0.4, -0.2) is 51.6 Å². The minimum Gasteiger partial charge on any atom is -0.353 e. The Balaban J connectivity index is 1.42. The van der Waals surface area contributed by atoms with Crippen molar-refractivity contribution in [1.29, 1.82) is 0 Å². The van der Waals surface area contributed by atoms with Gasteiger partial charge >= 0.3 is 0 Å². The molecule has 1 fully saturated rings. The number of nitrogens with one attached hydrogen (secondary N) is 1. The molecule has 0 spiro atoms. The van der Waals surface area contributed by atoms with E-state index in [4.69, 9.17) is 4.52 Å². The van der Waals surface area contributed by atoms with Crippen molar-refractivity contribution in [2.24, 2.45) is 0 Å². The zero-order chi connectivity index (χ0) is 17.5. The van der Waals surface area contributed by atoms with E-state index < -0.39 is 0 Å². The highest BCUT2D eigenvalue weighted by Gasteiger charge is 2.20. The molecule has 1 aliphatic heterocycles. The Kier molecular flexibility index (Phi) is 6.11. The summed E-state index contributed by atoms with van der Waals surface area (Å²) in [4.78, 5) is 23.1. The molecule has 3 rings (SSSR count). The first-order valence-electron chi connectivity index (χ1n) is 9.00. The molecule has 0 radical (unpaired) electrons. The van der Waals surface area contributed by atoms with Gasteiger partial charge in [0.2, 0.25) is 17.6 Å². The summed E-state index contributed by atoms with van der Waals surface area (Å²) in [5.74, 6) is 0.972. The van der Waals surface area contributed by atoms with Gasteiger partial charge in [-0.25, -0.2) is 0 Å². The molecule has 0 saturated carbocycles. The Morgan fingerprint density at radius 1 is 1.36 bits per heavy atom. The fourth-order valence-electron chi connectivity index (χ4n) is 3.09. The van der Waals surface area contributed by atoms with Crippen LogP contribution in [0.2, 0.25) is 0 Å². The second-order valence-corrected chi connectivity index (χ2v) is 6.41. The number of rotatable bonds is 7. The van der Waals surface area contributed by atoms with Gasteiger partial charge < -0.3 is 14.7 Å². The fourth-order valence-corrected chi connectivity index (χ4v) is 3.09. The number of piperidine rings is 1. The van der Waals surface area contributed by atoms with Crippen LogP contribution < -0.4 is 5.32 Å². The maximum atomic E-state index is 12.1. The number of hydrogen-bond donors (Lipinski definition) is 1. The number of amides is 1. The van der Waals surface area contributed by atoms with Crippen LogP contribution in [0.4, 0.5) is 0 Å². The summed E-state index contributed by atoms with van der Waals surface area (Å²) in [6, 6.07) is 5.82. The molecule has 1 aliphatic rings. The number of carbonyl (C=O) groups is 1. The van der Waals surface area contributed by atoms with Crippen molar-refractivity contribution in [2.45, 2.75) is 45.1 Å². The smallest absolute Gasteiger partial charge is 0.227 e. The summed E-state index contributed by atoms with van der Waals surface area (Å²) in [5.41, 5.74) is 0.667. The molecule has 0 atom stereocenters. The fraction of sp³-hybridized carbons (Fsp3) is 0.556. The van der Waals surface area contributed by atoms with Gasteiger partial charge in [0.1, 0.15) is 5.69 Å². The van der Waals surface area contributed by atoms with Gasteiger partial charge in [-0.2, -0.15) is 4.98 Å². The van der Waals surface area contributed by atoms with Crippen LogP contribution >= 0.6 is 0 Å². The van der Waals surface area contributed by atoms with Gasteiger partial charge in [0.15, 0.2) is 0 Å². The van der Waals surface area contributed by atoms with Gasteiger partial charge in [0.25, 0.3) is 0 Å². The monoisotopic (exact) mass is 343 g/mol. The molecule has 134 valence electrons. The van der Waals surface area contributed by atoms with Gasteiger partial charge in [-0.3, -0.25) is 9.78 Å². The summed E-state index contributed by atoms with van der Waals surface area (Å²) < 4.78 is 5.21. The molecule has 25 heavy (non-hydrogen) atoms. The van der Waals surface area contributed by atoms with E-state index in [1.807, 2.05) is 18.2 Å². The molecular weight excluding hydrogens is 318 g/mol. The van der Waals surface area contributed by atoms with Crippen molar-refractivity contribution in [3.05, 3.63) is 30.3 Å². The first-order chi connectivity index (χ1) is 12.2. The third-order valence-corrected chi connectivity index (χ3v) is 4.42. The zero-order valence-electron chi connectivity index (χ0n) is 14.6. The minimum absolute atomic E-state index is 0.0477. The second-order valence-electron chi connectivity index (χ2n) is 6.41. The van der Waals surface area contributed by atoms with E-state index in [0.717, 1.165) is 32.5 Å². The lowest BCUT2D eigenvalue weighted by molar-refractivity contribution is -0.122. The molecule has 2 aromatic rings. The Bertz CT molecular complexity index is 665. The van der Waals surface area contributed by atoms with E-state index in [-0.39, 0.29) is 11.9 Å². The summed E-state index contributed by atoms with van der Waals surface area (Å²) in [6.07, 6.45) is 5.72. The predicted octanol–water partition coefficient (Wildman–Crippen LogP) is 2.05. The lowest BCUT2D eigenvalue weighted by Gasteiger charge is -2.32. The number of nitrogens with zero attached hydrogens (tertiary/aromatic N) is 4. The summed E-state index contributed by atoms with van der Waals surface area (Å²) >= 11 is 0. The average molecular weight is 343 g/mol. The number of likely N-dealkylation sites (tertiary alicyclic amines) is 1. The molecule has 0 bridgehead atoms. The van der Waals surface area contributed by atoms with Crippen LogP contribution in [0.5, 0.6) is 0 Å². The first kappa shape index (κ1) is 17.5. The minimum atomic E-state index is 0.0477. The Morgan fingerprint density at radius 3 is 2.92 bits per heavy atom. The van der Waals surface area contributed by atoms with Crippen molar-refractivity contribution in [3.8, 4) is 11.5 Å². The van der Waals surface area contributed by atoms with Gasteiger partial charge in [0.05, 0.1) is 0 Å².